The monoisotopic (exact) mass is 269 g/mol. The average molecular weight is 269 g/mol. The molecule has 20 heavy (non-hydrogen) atoms. The van der Waals surface area contributed by atoms with Crippen molar-refractivity contribution in [2.45, 2.75) is 6.92 Å². The number of nitrogens with zero attached hydrogens (tertiary/aromatic N) is 3. The molecule has 0 fully saturated rings. The van der Waals surface area contributed by atoms with Gasteiger partial charge in [0, 0.05) is 17.3 Å². The molecular weight excluding hydrogens is 257 g/mol. The summed E-state index contributed by atoms with van der Waals surface area (Å²) in [4.78, 5) is 8.20. The normalized spacial score (nSPS) is 10.7. The van der Waals surface area contributed by atoms with Crippen LogP contribution >= 0.6 is 0 Å². The number of nitrogens with two attached hydrogens (primary N) is 1. The van der Waals surface area contributed by atoms with Crippen molar-refractivity contribution in [2.24, 2.45) is 0 Å². The van der Waals surface area contributed by atoms with Crippen LogP contribution in [0.15, 0.2) is 36.7 Å². The van der Waals surface area contributed by atoms with Crippen LogP contribution in [0.3, 0.4) is 0 Å². The zero-order valence-corrected chi connectivity index (χ0v) is 10.8. The maximum Gasteiger partial charge on any atom is 0.220 e. The van der Waals surface area contributed by atoms with Gasteiger partial charge in [-0.2, -0.15) is 5.10 Å². The van der Waals surface area contributed by atoms with Gasteiger partial charge in [0.25, 0.3) is 0 Å². The van der Waals surface area contributed by atoms with Gasteiger partial charge in [-0.3, -0.25) is 5.10 Å². The highest BCUT2D eigenvalue weighted by Gasteiger charge is 2.14. The zero-order chi connectivity index (χ0) is 14.1. The molecule has 0 spiro atoms. The summed E-state index contributed by atoms with van der Waals surface area (Å²) in [5, 5.41) is 6.96. The number of hydrogen-bond donors (Lipinski definition) is 2. The fourth-order valence-corrected chi connectivity index (χ4v) is 2.03. The number of halogens is 1. The van der Waals surface area contributed by atoms with E-state index < -0.39 is 0 Å². The van der Waals surface area contributed by atoms with Crippen LogP contribution in [0.5, 0.6) is 0 Å². The van der Waals surface area contributed by atoms with Crippen molar-refractivity contribution in [3.8, 4) is 22.5 Å². The number of nitrogen functional groups attached to an aromatic ring is 1. The first-order valence-corrected chi connectivity index (χ1v) is 6.04. The molecule has 100 valence electrons. The van der Waals surface area contributed by atoms with Crippen molar-refractivity contribution in [3.05, 3.63) is 48.0 Å². The molecule has 0 aliphatic carbocycles. The molecule has 0 bridgehead atoms. The van der Waals surface area contributed by atoms with Crippen molar-refractivity contribution in [1.82, 2.24) is 20.2 Å². The molecule has 0 aliphatic heterocycles. The third kappa shape index (κ3) is 2.11. The predicted octanol–water partition coefficient (Wildman–Crippen LogP) is 2.56. The summed E-state index contributed by atoms with van der Waals surface area (Å²) in [6.45, 7) is 1.90. The predicted molar refractivity (Wildman–Crippen MR) is 74.2 cm³/mol. The lowest BCUT2D eigenvalue weighted by molar-refractivity contribution is 0.628. The number of H-pyrrole nitrogens is 1. The minimum Gasteiger partial charge on any atom is -0.368 e. The fourth-order valence-electron chi connectivity index (χ4n) is 2.03. The first-order chi connectivity index (χ1) is 9.65. The number of nitrogens with one attached hydrogen (secondary N) is 1. The highest BCUT2D eigenvalue weighted by atomic mass is 19.1. The van der Waals surface area contributed by atoms with E-state index in [9.17, 15) is 4.39 Å². The summed E-state index contributed by atoms with van der Waals surface area (Å²) >= 11 is 0. The van der Waals surface area contributed by atoms with Crippen LogP contribution in [0, 0.1) is 12.7 Å². The molecule has 0 aliphatic rings. The number of rotatable bonds is 2. The van der Waals surface area contributed by atoms with Gasteiger partial charge in [-0.15, -0.1) is 0 Å². The molecule has 2 aromatic heterocycles. The second kappa shape index (κ2) is 4.73. The second-order valence-corrected chi connectivity index (χ2v) is 4.43. The lowest BCUT2D eigenvalue weighted by atomic mass is 10.0. The molecule has 2 heterocycles. The van der Waals surface area contributed by atoms with Crippen molar-refractivity contribution in [1.29, 1.82) is 0 Å². The van der Waals surface area contributed by atoms with E-state index in [0.717, 1.165) is 22.4 Å². The Morgan fingerprint density at radius 2 is 1.90 bits per heavy atom. The Balaban J connectivity index is 2.15. The smallest absolute Gasteiger partial charge is 0.220 e. The molecule has 0 radical (unpaired) electrons. The summed E-state index contributed by atoms with van der Waals surface area (Å²) < 4.78 is 13.0. The third-order valence-electron chi connectivity index (χ3n) is 3.02. The molecule has 3 aromatic rings. The summed E-state index contributed by atoms with van der Waals surface area (Å²) in [5.74, 6) is -0.0749. The molecule has 3 N–H and O–H groups in total. The Morgan fingerprint density at radius 3 is 2.65 bits per heavy atom. The van der Waals surface area contributed by atoms with Gasteiger partial charge in [-0.1, -0.05) is 0 Å². The second-order valence-electron chi connectivity index (χ2n) is 4.43. The number of benzene rings is 1. The van der Waals surface area contributed by atoms with E-state index >= 15 is 0 Å². The van der Waals surface area contributed by atoms with Crippen LogP contribution in [-0.4, -0.2) is 20.2 Å². The van der Waals surface area contributed by atoms with Crippen molar-refractivity contribution < 1.29 is 4.39 Å². The third-order valence-corrected chi connectivity index (χ3v) is 3.02. The molecule has 0 atom stereocenters. The van der Waals surface area contributed by atoms with Crippen molar-refractivity contribution in [2.75, 3.05) is 5.73 Å². The number of aromatic nitrogens is 4. The Morgan fingerprint density at radius 1 is 1.15 bits per heavy atom. The molecule has 5 nitrogen and oxygen atoms in total. The first-order valence-electron chi connectivity index (χ1n) is 6.04. The van der Waals surface area contributed by atoms with E-state index in [4.69, 9.17) is 5.73 Å². The number of aryl methyl sites for hydroxylation is 1. The van der Waals surface area contributed by atoms with E-state index in [0.29, 0.717) is 5.69 Å². The Hall–Kier alpha value is -2.76. The van der Waals surface area contributed by atoms with Crippen LogP contribution in [0.1, 0.15) is 5.56 Å². The fraction of sp³-hybridized carbons (Fsp3) is 0.0714. The molecule has 3 rings (SSSR count). The Labute approximate surface area is 114 Å². The van der Waals surface area contributed by atoms with Gasteiger partial charge in [0.05, 0.1) is 17.6 Å². The number of anilines is 1. The number of hydrogen-bond acceptors (Lipinski definition) is 4. The van der Waals surface area contributed by atoms with Gasteiger partial charge >= 0.3 is 0 Å². The highest BCUT2D eigenvalue weighted by molar-refractivity contribution is 5.79. The van der Waals surface area contributed by atoms with Crippen LogP contribution < -0.4 is 5.73 Å². The van der Waals surface area contributed by atoms with Crippen LogP contribution in [0.2, 0.25) is 0 Å². The summed E-state index contributed by atoms with van der Waals surface area (Å²) in [6, 6.07) is 6.18. The van der Waals surface area contributed by atoms with Crippen LogP contribution in [0.4, 0.5) is 10.3 Å². The number of aromatic amines is 1. The molecule has 0 unspecified atom stereocenters. The summed E-state index contributed by atoms with van der Waals surface area (Å²) in [5.41, 5.74) is 9.65. The molecular formula is C14H12FN5. The SMILES string of the molecule is Cc1cnc(N)nc1-c1cn[nH]c1-c1ccc(F)cc1. The van der Waals surface area contributed by atoms with E-state index in [1.54, 1.807) is 24.5 Å². The van der Waals surface area contributed by atoms with Gasteiger partial charge < -0.3 is 5.73 Å². The van der Waals surface area contributed by atoms with E-state index in [1.807, 2.05) is 6.92 Å². The van der Waals surface area contributed by atoms with Gasteiger partial charge in [0.1, 0.15) is 5.82 Å². The topological polar surface area (TPSA) is 80.5 Å². The molecule has 0 amide bonds. The van der Waals surface area contributed by atoms with E-state index in [1.165, 1.54) is 12.1 Å². The summed E-state index contributed by atoms with van der Waals surface area (Å²) in [6.07, 6.45) is 3.34. The van der Waals surface area contributed by atoms with Crippen LogP contribution in [0.25, 0.3) is 22.5 Å². The van der Waals surface area contributed by atoms with Crippen molar-refractivity contribution in [3.63, 3.8) is 0 Å². The maximum absolute atomic E-state index is 13.0. The first kappa shape index (κ1) is 12.3. The lowest BCUT2D eigenvalue weighted by Gasteiger charge is -2.06. The Kier molecular flexibility index (Phi) is 2.90. The molecule has 6 heteroatoms. The maximum atomic E-state index is 13.0. The summed E-state index contributed by atoms with van der Waals surface area (Å²) in [7, 11) is 0. The van der Waals surface area contributed by atoms with E-state index in [-0.39, 0.29) is 11.8 Å². The highest BCUT2D eigenvalue weighted by Crippen LogP contribution is 2.30. The molecule has 1 aromatic carbocycles. The largest absolute Gasteiger partial charge is 0.368 e. The van der Waals surface area contributed by atoms with Gasteiger partial charge in [-0.25, -0.2) is 14.4 Å². The molecule has 0 saturated heterocycles. The average Bonchev–Trinajstić information content (AvgIpc) is 2.91. The Bertz CT molecular complexity index is 749. The minimum absolute atomic E-state index is 0.205. The molecule has 0 saturated carbocycles. The quantitative estimate of drug-likeness (QED) is 0.749. The standard InChI is InChI=1S/C14H12FN5/c1-8-6-17-14(16)19-12(8)11-7-18-20-13(11)9-2-4-10(15)5-3-9/h2-7H,1H3,(H,18,20)(H2,16,17,19). The van der Waals surface area contributed by atoms with Crippen LogP contribution in [-0.2, 0) is 0 Å². The van der Waals surface area contributed by atoms with Gasteiger partial charge in [0.2, 0.25) is 5.95 Å². The van der Waals surface area contributed by atoms with Gasteiger partial charge in [-0.05, 0) is 36.8 Å². The lowest BCUT2D eigenvalue weighted by Crippen LogP contribution is -1.98. The minimum atomic E-state index is -0.280. The van der Waals surface area contributed by atoms with Gasteiger partial charge in [0.15, 0.2) is 0 Å². The zero-order valence-electron chi connectivity index (χ0n) is 10.8. The van der Waals surface area contributed by atoms with Crippen molar-refractivity contribution >= 4 is 5.95 Å². The van der Waals surface area contributed by atoms with E-state index in [2.05, 4.69) is 20.2 Å².